The molecule has 1 aliphatic rings. The minimum Gasteiger partial charge on any atom is -0.489 e. The summed E-state index contributed by atoms with van der Waals surface area (Å²) in [5.41, 5.74) is -0.0946. The molecule has 3 aromatic carbocycles. The molecule has 0 atom stereocenters. The summed E-state index contributed by atoms with van der Waals surface area (Å²) >= 11 is 0. The summed E-state index contributed by atoms with van der Waals surface area (Å²) < 4.78 is 45.1. The molecule has 9 heteroatoms. The van der Waals surface area contributed by atoms with E-state index in [4.69, 9.17) is 4.74 Å². The Kier molecular flexibility index (Phi) is 7.91. The number of likely N-dealkylation sites (tertiary alicyclic amines) is 1. The first-order valence-electron chi connectivity index (χ1n) is 11.8. The monoisotopic (exact) mass is 510 g/mol. The second-order valence-corrected chi connectivity index (χ2v) is 8.66. The van der Waals surface area contributed by atoms with Crippen molar-refractivity contribution in [2.45, 2.75) is 25.1 Å². The van der Waals surface area contributed by atoms with Crippen LogP contribution in [0.5, 0.6) is 5.75 Å². The van der Waals surface area contributed by atoms with Gasteiger partial charge in [0.2, 0.25) is 0 Å². The lowest BCUT2D eigenvalue weighted by Crippen LogP contribution is -2.42. The summed E-state index contributed by atoms with van der Waals surface area (Å²) in [5, 5.41) is 2.63. The molecule has 3 aromatic rings. The largest absolute Gasteiger partial charge is 0.489 e. The number of nitrogens with one attached hydrogen (secondary N) is 1. The zero-order valence-electron chi connectivity index (χ0n) is 19.8. The summed E-state index contributed by atoms with van der Waals surface area (Å²) in [6.07, 6.45) is -3.91. The number of carbonyl (C=O) groups is 3. The van der Waals surface area contributed by atoms with Gasteiger partial charge in [0.25, 0.3) is 11.8 Å². The number of nitrogens with zero attached hydrogens (tertiary/aromatic N) is 1. The number of piperidine rings is 1. The fraction of sp³-hybridized carbons (Fsp3) is 0.250. The summed E-state index contributed by atoms with van der Waals surface area (Å²) in [6.45, 7) is 0.451. The Morgan fingerprint density at radius 3 is 2.22 bits per heavy atom. The van der Waals surface area contributed by atoms with E-state index in [9.17, 15) is 27.6 Å². The van der Waals surface area contributed by atoms with Gasteiger partial charge >= 0.3 is 6.18 Å². The molecule has 0 unspecified atom stereocenters. The molecular weight excluding hydrogens is 485 g/mol. The van der Waals surface area contributed by atoms with E-state index in [0.29, 0.717) is 37.2 Å². The molecule has 2 amide bonds. The SMILES string of the molecule is O=C(CNC(=O)c1ccccc1OC1CCN(C(=O)c2cccc(C(F)(F)F)c2)CC1)c1ccccc1. The van der Waals surface area contributed by atoms with Crippen molar-refractivity contribution < 1.29 is 32.3 Å². The third kappa shape index (κ3) is 6.55. The van der Waals surface area contributed by atoms with Gasteiger partial charge in [-0.3, -0.25) is 14.4 Å². The van der Waals surface area contributed by atoms with Crippen LogP contribution in [-0.2, 0) is 6.18 Å². The highest BCUT2D eigenvalue weighted by Crippen LogP contribution is 2.30. The number of Topliss-reactive ketones (excluding diaryl/α,β-unsaturated/α-hetero) is 1. The topological polar surface area (TPSA) is 75.7 Å². The molecule has 4 rings (SSSR count). The van der Waals surface area contributed by atoms with Crippen LogP contribution in [0.15, 0.2) is 78.9 Å². The molecule has 6 nitrogen and oxygen atoms in total. The number of rotatable bonds is 7. The number of ketones is 1. The highest BCUT2D eigenvalue weighted by molar-refractivity contribution is 6.03. The molecule has 192 valence electrons. The number of hydrogen-bond donors (Lipinski definition) is 1. The first-order valence-corrected chi connectivity index (χ1v) is 11.8. The van der Waals surface area contributed by atoms with Crippen molar-refractivity contribution in [2.75, 3.05) is 19.6 Å². The summed E-state index contributed by atoms with van der Waals surface area (Å²) in [5.74, 6) is -0.774. The van der Waals surface area contributed by atoms with Crippen LogP contribution in [0, 0.1) is 0 Å². The van der Waals surface area contributed by atoms with Crippen molar-refractivity contribution in [3.05, 3.63) is 101 Å². The minimum atomic E-state index is -4.52. The molecule has 0 bridgehead atoms. The van der Waals surface area contributed by atoms with E-state index in [1.807, 2.05) is 0 Å². The quantitative estimate of drug-likeness (QED) is 0.454. The fourth-order valence-corrected chi connectivity index (χ4v) is 4.11. The Morgan fingerprint density at radius 1 is 0.865 bits per heavy atom. The van der Waals surface area contributed by atoms with Gasteiger partial charge in [0.05, 0.1) is 17.7 Å². The molecule has 1 fully saturated rings. The first-order chi connectivity index (χ1) is 17.7. The van der Waals surface area contributed by atoms with Crippen LogP contribution in [-0.4, -0.2) is 48.2 Å². The lowest BCUT2D eigenvalue weighted by atomic mass is 10.0. The number of para-hydroxylation sites is 1. The number of hydrogen-bond acceptors (Lipinski definition) is 4. The molecule has 0 radical (unpaired) electrons. The van der Waals surface area contributed by atoms with Crippen molar-refractivity contribution in [1.29, 1.82) is 0 Å². The highest BCUT2D eigenvalue weighted by atomic mass is 19.4. The average molecular weight is 511 g/mol. The number of benzene rings is 3. The third-order valence-electron chi connectivity index (χ3n) is 6.10. The number of ether oxygens (including phenoxy) is 1. The maximum atomic E-state index is 13.0. The van der Waals surface area contributed by atoms with E-state index in [-0.39, 0.29) is 29.6 Å². The van der Waals surface area contributed by atoms with Crippen molar-refractivity contribution in [3.63, 3.8) is 0 Å². The highest BCUT2D eigenvalue weighted by Gasteiger charge is 2.32. The van der Waals surface area contributed by atoms with E-state index >= 15 is 0 Å². The van der Waals surface area contributed by atoms with Gasteiger partial charge in [-0.15, -0.1) is 0 Å². The third-order valence-corrected chi connectivity index (χ3v) is 6.10. The zero-order valence-corrected chi connectivity index (χ0v) is 19.8. The smallest absolute Gasteiger partial charge is 0.416 e. The van der Waals surface area contributed by atoms with Gasteiger partial charge in [0, 0.05) is 37.1 Å². The van der Waals surface area contributed by atoms with Crippen LogP contribution in [0.3, 0.4) is 0 Å². The van der Waals surface area contributed by atoms with Crippen molar-refractivity contribution in [2.24, 2.45) is 0 Å². The number of amides is 2. The van der Waals surface area contributed by atoms with Gasteiger partial charge < -0.3 is 15.0 Å². The van der Waals surface area contributed by atoms with E-state index in [2.05, 4.69) is 5.32 Å². The normalized spacial score (nSPS) is 14.2. The Balaban J connectivity index is 1.33. The number of halogens is 3. The minimum absolute atomic E-state index is 0.0127. The van der Waals surface area contributed by atoms with E-state index in [1.54, 1.807) is 54.6 Å². The van der Waals surface area contributed by atoms with Crippen LogP contribution in [0.25, 0.3) is 0 Å². The van der Waals surface area contributed by atoms with Crippen molar-refractivity contribution in [1.82, 2.24) is 10.2 Å². The molecule has 1 N–H and O–H groups in total. The standard InChI is InChI=1S/C28H25F3N2O4/c29-28(30,31)21-10-6-9-20(17-21)27(36)33-15-13-22(14-16-33)37-25-12-5-4-11-23(25)26(35)32-18-24(34)19-7-2-1-3-8-19/h1-12,17,22H,13-16,18H2,(H,32,35). The van der Waals surface area contributed by atoms with Crippen LogP contribution in [0.4, 0.5) is 13.2 Å². The molecule has 0 aliphatic carbocycles. The van der Waals surface area contributed by atoms with Crippen molar-refractivity contribution >= 4 is 17.6 Å². The van der Waals surface area contributed by atoms with Gasteiger partial charge in [-0.25, -0.2) is 0 Å². The van der Waals surface area contributed by atoms with E-state index in [1.165, 1.54) is 17.0 Å². The molecule has 0 saturated carbocycles. The van der Waals surface area contributed by atoms with Crippen LogP contribution >= 0.6 is 0 Å². The average Bonchev–Trinajstić information content (AvgIpc) is 2.92. The molecule has 0 spiro atoms. The van der Waals surface area contributed by atoms with Gasteiger partial charge in [-0.05, 0) is 30.3 Å². The van der Waals surface area contributed by atoms with Gasteiger partial charge in [-0.2, -0.15) is 13.2 Å². The maximum absolute atomic E-state index is 13.0. The van der Waals surface area contributed by atoms with Crippen LogP contribution in [0.1, 0.15) is 49.5 Å². The predicted molar refractivity (Wildman–Crippen MR) is 131 cm³/mol. The van der Waals surface area contributed by atoms with Crippen molar-refractivity contribution in [3.8, 4) is 5.75 Å². The lowest BCUT2D eigenvalue weighted by molar-refractivity contribution is -0.137. The molecule has 1 aliphatic heterocycles. The Hall–Kier alpha value is -4.14. The first kappa shape index (κ1) is 25.9. The molecule has 0 aromatic heterocycles. The molecule has 1 saturated heterocycles. The van der Waals surface area contributed by atoms with Crippen LogP contribution < -0.4 is 10.1 Å². The zero-order chi connectivity index (χ0) is 26.4. The summed E-state index contributed by atoms with van der Waals surface area (Å²) in [7, 11) is 0. The van der Waals surface area contributed by atoms with E-state index < -0.39 is 23.6 Å². The number of alkyl halides is 3. The van der Waals surface area contributed by atoms with Gasteiger partial charge in [-0.1, -0.05) is 48.5 Å². The molecular formula is C28H25F3N2O4. The van der Waals surface area contributed by atoms with Gasteiger partial charge in [0.15, 0.2) is 5.78 Å². The molecule has 1 heterocycles. The second-order valence-electron chi connectivity index (χ2n) is 8.66. The summed E-state index contributed by atoms with van der Waals surface area (Å²) in [6, 6.07) is 19.7. The molecule has 37 heavy (non-hydrogen) atoms. The van der Waals surface area contributed by atoms with E-state index in [0.717, 1.165) is 12.1 Å². The van der Waals surface area contributed by atoms with Gasteiger partial charge in [0.1, 0.15) is 11.9 Å². The predicted octanol–water partition coefficient (Wildman–Crippen LogP) is 5.00. The fourth-order valence-electron chi connectivity index (χ4n) is 4.11. The Labute approximate surface area is 212 Å². The summed E-state index contributed by atoms with van der Waals surface area (Å²) in [4.78, 5) is 39.3. The Bertz CT molecular complexity index is 1270. The lowest BCUT2D eigenvalue weighted by Gasteiger charge is -2.32. The number of carbonyl (C=O) groups excluding carboxylic acids is 3. The Morgan fingerprint density at radius 2 is 1.51 bits per heavy atom. The second kappa shape index (κ2) is 11.3. The van der Waals surface area contributed by atoms with Crippen LogP contribution in [0.2, 0.25) is 0 Å². The maximum Gasteiger partial charge on any atom is 0.416 e.